The SMILES string of the molecule is O=C(c1cc(-c2ccccc2)nc2ccccc12)N1C[C@@H](O)C[C@H]1CO. The maximum Gasteiger partial charge on any atom is 0.255 e. The number of para-hydroxylation sites is 1. The second-order valence-corrected chi connectivity index (χ2v) is 6.62. The zero-order chi connectivity index (χ0) is 18.1. The van der Waals surface area contributed by atoms with Crippen LogP contribution in [0.25, 0.3) is 22.2 Å². The van der Waals surface area contributed by atoms with Crippen LogP contribution in [0.3, 0.4) is 0 Å². The molecule has 5 nitrogen and oxygen atoms in total. The van der Waals surface area contributed by atoms with Gasteiger partial charge in [-0.1, -0.05) is 48.5 Å². The zero-order valence-electron chi connectivity index (χ0n) is 14.2. The lowest BCUT2D eigenvalue weighted by Gasteiger charge is -2.23. The molecule has 1 amide bonds. The van der Waals surface area contributed by atoms with Crippen molar-refractivity contribution in [3.63, 3.8) is 0 Å². The lowest BCUT2D eigenvalue weighted by atomic mass is 10.0. The molecule has 0 radical (unpaired) electrons. The summed E-state index contributed by atoms with van der Waals surface area (Å²) >= 11 is 0. The number of β-amino-alcohol motifs (C(OH)–C–C–N with tert-alkyl or cyclic N) is 1. The summed E-state index contributed by atoms with van der Waals surface area (Å²) in [5.41, 5.74) is 2.96. The summed E-state index contributed by atoms with van der Waals surface area (Å²) in [7, 11) is 0. The van der Waals surface area contributed by atoms with E-state index in [2.05, 4.69) is 0 Å². The van der Waals surface area contributed by atoms with Crippen molar-refractivity contribution in [3.05, 3.63) is 66.2 Å². The smallest absolute Gasteiger partial charge is 0.255 e. The van der Waals surface area contributed by atoms with Gasteiger partial charge in [-0.25, -0.2) is 4.98 Å². The van der Waals surface area contributed by atoms with E-state index in [-0.39, 0.29) is 25.1 Å². The zero-order valence-corrected chi connectivity index (χ0v) is 14.2. The highest BCUT2D eigenvalue weighted by Gasteiger charge is 2.35. The number of hydrogen-bond acceptors (Lipinski definition) is 4. The van der Waals surface area contributed by atoms with Crippen LogP contribution in [0.4, 0.5) is 0 Å². The average molecular weight is 348 g/mol. The molecule has 132 valence electrons. The van der Waals surface area contributed by atoms with E-state index in [1.54, 1.807) is 11.0 Å². The molecule has 0 aliphatic carbocycles. The Bertz CT molecular complexity index is 942. The van der Waals surface area contributed by atoms with Crippen LogP contribution in [0.1, 0.15) is 16.8 Å². The van der Waals surface area contributed by atoms with Gasteiger partial charge < -0.3 is 15.1 Å². The number of aromatic nitrogens is 1. The first-order valence-corrected chi connectivity index (χ1v) is 8.72. The number of hydrogen-bond donors (Lipinski definition) is 2. The van der Waals surface area contributed by atoms with Gasteiger partial charge in [0.05, 0.1) is 35.5 Å². The van der Waals surface area contributed by atoms with E-state index < -0.39 is 6.10 Å². The summed E-state index contributed by atoms with van der Waals surface area (Å²) in [6, 6.07) is 18.7. The Morgan fingerprint density at radius 3 is 2.62 bits per heavy atom. The first-order chi connectivity index (χ1) is 12.7. The van der Waals surface area contributed by atoms with Crippen molar-refractivity contribution in [2.75, 3.05) is 13.2 Å². The van der Waals surface area contributed by atoms with Gasteiger partial charge in [0, 0.05) is 17.5 Å². The van der Waals surface area contributed by atoms with Gasteiger partial charge in [0.15, 0.2) is 0 Å². The summed E-state index contributed by atoms with van der Waals surface area (Å²) in [6.07, 6.45) is -0.200. The molecule has 1 fully saturated rings. The minimum atomic E-state index is -0.599. The fourth-order valence-corrected chi connectivity index (χ4v) is 3.58. The Morgan fingerprint density at radius 2 is 1.85 bits per heavy atom. The van der Waals surface area contributed by atoms with Crippen molar-refractivity contribution in [3.8, 4) is 11.3 Å². The first-order valence-electron chi connectivity index (χ1n) is 8.72. The highest BCUT2D eigenvalue weighted by molar-refractivity contribution is 6.07. The summed E-state index contributed by atoms with van der Waals surface area (Å²) in [5, 5.41) is 20.3. The van der Waals surface area contributed by atoms with Crippen LogP contribution < -0.4 is 0 Å². The van der Waals surface area contributed by atoms with Crippen molar-refractivity contribution in [2.45, 2.75) is 18.6 Å². The molecule has 2 aromatic carbocycles. The van der Waals surface area contributed by atoms with Crippen LogP contribution in [0.15, 0.2) is 60.7 Å². The van der Waals surface area contributed by atoms with Crippen molar-refractivity contribution >= 4 is 16.8 Å². The van der Waals surface area contributed by atoms with Gasteiger partial charge in [0.1, 0.15) is 0 Å². The number of aliphatic hydroxyl groups is 2. The topological polar surface area (TPSA) is 73.7 Å². The molecule has 4 rings (SSSR count). The summed E-state index contributed by atoms with van der Waals surface area (Å²) in [5.74, 6) is -0.184. The highest BCUT2D eigenvalue weighted by atomic mass is 16.3. The maximum atomic E-state index is 13.2. The number of nitrogens with zero attached hydrogens (tertiary/aromatic N) is 2. The lowest BCUT2D eigenvalue weighted by Crippen LogP contribution is -2.38. The number of carbonyl (C=O) groups is 1. The third kappa shape index (κ3) is 2.96. The number of carbonyl (C=O) groups excluding carboxylic acids is 1. The van der Waals surface area contributed by atoms with Crippen LogP contribution >= 0.6 is 0 Å². The fraction of sp³-hybridized carbons (Fsp3) is 0.238. The van der Waals surface area contributed by atoms with Gasteiger partial charge in [-0.15, -0.1) is 0 Å². The van der Waals surface area contributed by atoms with Gasteiger partial charge >= 0.3 is 0 Å². The van der Waals surface area contributed by atoms with E-state index in [9.17, 15) is 15.0 Å². The van der Waals surface area contributed by atoms with Gasteiger partial charge in [0.2, 0.25) is 0 Å². The number of rotatable bonds is 3. The molecular weight excluding hydrogens is 328 g/mol. The van der Waals surface area contributed by atoms with Gasteiger partial charge in [0.25, 0.3) is 5.91 Å². The van der Waals surface area contributed by atoms with Gasteiger partial charge in [-0.3, -0.25) is 4.79 Å². The monoisotopic (exact) mass is 348 g/mol. The molecule has 3 aromatic rings. The molecule has 5 heteroatoms. The van der Waals surface area contributed by atoms with Crippen LogP contribution in [-0.2, 0) is 0 Å². The number of fused-ring (bicyclic) bond motifs is 1. The quantitative estimate of drug-likeness (QED) is 0.763. The standard InChI is InChI=1S/C21H20N2O3/c24-13-15-10-16(25)12-23(15)21(26)18-11-20(14-6-2-1-3-7-14)22-19-9-5-4-8-17(18)19/h1-9,11,15-16,24-25H,10,12-13H2/t15-,16-/m0/s1. The first kappa shape index (κ1) is 16.7. The number of pyridine rings is 1. The van der Waals surface area contributed by atoms with Crippen molar-refractivity contribution in [1.29, 1.82) is 0 Å². The molecule has 2 N–H and O–H groups in total. The number of benzene rings is 2. The Hall–Kier alpha value is -2.76. The molecule has 1 aromatic heterocycles. The molecule has 0 spiro atoms. The minimum Gasteiger partial charge on any atom is -0.394 e. The van der Waals surface area contributed by atoms with Crippen molar-refractivity contribution in [1.82, 2.24) is 9.88 Å². The van der Waals surface area contributed by atoms with Gasteiger partial charge in [-0.05, 0) is 18.6 Å². The molecule has 1 saturated heterocycles. The van der Waals surface area contributed by atoms with Crippen LogP contribution in [-0.4, -0.2) is 51.3 Å². The molecule has 1 aliphatic heterocycles. The minimum absolute atomic E-state index is 0.155. The second-order valence-electron chi connectivity index (χ2n) is 6.62. The Kier molecular flexibility index (Phi) is 4.41. The average Bonchev–Trinajstić information content (AvgIpc) is 3.08. The summed E-state index contributed by atoms with van der Waals surface area (Å²) in [4.78, 5) is 19.5. The van der Waals surface area contributed by atoms with E-state index in [4.69, 9.17) is 4.98 Å². The van der Waals surface area contributed by atoms with E-state index >= 15 is 0 Å². The predicted molar refractivity (Wildman–Crippen MR) is 99.7 cm³/mol. The van der Waals surface area contributed by atoms with Crippen LogP contribution in [0.2, 0.25) is 0 Å². The Morgan fingerprint density at radius 1 is 1.12 bits per heavy atom. The summed E-state index contributed by atoms with van der Waals surface area (Å²) in [6.45, 7) is 0.0821. The number of amides is 1. The normalized spacial score (nSPS) is 19.8. The predicted octanol–water partition coefficient (Wildman–Crippen LogP) is 2.47. The molecule has 26 heavy (non-hydrogen) atoms. The van der Waals surface area contributed by atoms with E-state index in [1.807, 2.05) is 54.6 Å². The van der Waals surface area contributed by atoms with Crippen molar-refractivity contribution < 1.29 is 15.0 Å². The lowest BCUT2D eigenvalue weighted by molar-refractivity contribution is 0.0667. The van der Waals surface area contributed by atoms with Crippen LogP contribution in [0.5, 0.6) is 0 Å². The molecular formula is C21H20N2O3. The summed E-state index contributed by atoms with van der Waals surface area (Å²) < 4.78 is 0. The molecule has 0 bridgehead atoms. The second kappa shape index (κ2) is 6.86. The van der Waals surface area contributed by atoms with Crippen LogP contribution in [0, 0.1) is 0 Å². The largest absolute Gasteiger partial charge is 0.394 e. The van der Waals surface area contributed by atoms with Gasteiger partial charge in [-0.2, -0.15) is 0 Å². The third-order valence-electron chi connectivity index (χ3n) is 4.88. The molecule has 0 unspecified atom stereocenters. The highest BCUT2D eigenvalue weighted by Crippen LogP contribution is 2.28. The van der Waals surface area contributed by atoms with Crippen molar-refractivity contribution in [2.24, 2.45) is 0 Å². The third-order valence-corrected chi connectivity index (χ3v) is 4.88. The number of aliphatic hydroxyl groups excluding tert-OH is 2. The molecule has 2 atom stereocenters. The molecule has 0 saturated carbocycles. The van der Waals surface area contributed by atoms with E-state index in [1.165, 1.54) is 0 Å². The molecule has 1 aliphatic rings. The van der Waals surface area contributed by atoms with E-state index in [0.717, 1.165) is 22.2 Å². The molecule has 2 heterocycles. The Balaban J connectivity index is 1.84. The number of likely N-dealkylation sites (tertiary alicyclic amines) is 1. The van der Waals surface area contributed by atoms with E-state index in [0.29, 0.717) is 12.0 Å². The fourth-order valence-electron chi connectivity index (χ4n) is 3.58. The maximum absolute atomic E-state index is 13.2. The Labute approximate surface area is 151 Å².